The van der Waals surface area contributed by atoms with Gasteiger partial charge in [0.1, 0.15) is 12.4 Å². The second kappa shape index (κ2) is 6.12. The first kappa shape index (κ1) is 15.1. The second-order valence-electron chi connectivity index (χ2n) is 5.47. The highest BCUT2D eigenvalue weighted by molar-refractivity contribution is 6.06. The summed E-state index contributed by atoms with van der Waals surface area (Å²) in [6, 6.07) is 12.7. The van der Waals surface area contributed by atoms with Gasteiger partial charge in [0.2, 0.25) is 5.91 Å². The lowest BCUT2D eigenvalue weighted by atomic mass is 10.1. The SMILES string of the molecule is CC(=O)N1CCOc2ccc(NC(=O)c3ccccc3C)cc21. The van der Waals surface area contributed by atoms with Gasteiger partial charge in [-0.05, 0) is 36.8 Å². The average molecular weight is 310 g/mol. The van der Waals surface area contributed by atoms with Crippen molar-refractivity contribution < 1.29 is 14.3 Å². The average Bonchev–Trinajstić information content (AvgIpc) is 2.54. The number of carbonyl (C=O) groups excluding carboxylic acids is 2. The van der Waals surface area contributed by atoms with E-state index in [0.29, 0.717) is 35.8 Å². The van der Waals surface area contributed by atoms with Gasteiger partial charge in [0.15, 0.2) is 0 Å². The normalized spacial score (nSPS) is 13.0. The summed E-state index contributed by atoms with van der Waals surface area (Å²) in [7, 11) is 0. The Morgan fingerprint density at radius 2 is 1.96 bits per heavy atom. The maximum Gasteiger partial charge on any atom is 0.255 e. The van der Waals surface area contributed by atoms with Gasteiger partial charge in [0.25, 0.3) is 5.91 Å². The molecule has 0 saturated carbocycles. The van der Waals surface area contributed by atoms with Crippen molar-refractivity contribution in [1.82, 2.24) is 0 Å². The fraction of sp³-hybridized carbons (Fsp3) is 0.222. The molecule has 0 atom stereocenters. The van der Waals surface area contributed by atoms with E-state index >= 15 is 0 Å². The predicted molar refractivity (Wildman–Crippen MR) is 89.1 cm³/mol. The number of rotatable bonds is 2. The molecule has 3 rings (SSSR count). The number of hydrogen-bond donors (Lipinski definition) is 1. The van der Waals surface area contributed by atoms with Crippen LogP contribution in [0.3, 0.4) is 0 Å². The van der Waals surface area contributed by atoms with Crippen molar-refractivity contribution in [2.75, 3.05) is 23.4 Å². The lowest BCUT2D eigenvalue weighted by Gasteiger charge is -2.29. The van der Waals surface area contributed by atoms with E-state index in [1.807, 2.05) is 25.1 Å². The lowest BCUT2D eigenvalue weighted by Crippen LogP contribution is -2.36. The standard InChI is InChI=1S/C18H18N2O3/c1-12-5-3-4-6-15(12)18(22)19-14-7-8-17-16(11-14)20(13(2)21)9-10-23-17/h3-8,11H,9-10H2,1-2H3,(H,19,22). The zero-order valence-electron chi connectivity index (χ0n) is 13.1. The fourth-order valence-electron chi connectivity index (χ4n) is 2.65. The highest BCUT2D eigenvalue weighted by Gasteiger charge is 2.22. The number of aryl methyl sites for hydroxylation is 1. The van der Waals surface area contributed by atoms with E-state index in [2.05, 4.69) is 5.32 Å². The number of amides is 2. The summed E-state index contributed by atoms with van der Waals surface area (Å²) in [5.74, 6) is 0.437. The molecule has 0 fully saturated rings. The predicted octanol–water partition coefficient (Wildman–Crippen LogP) is 2.99. The van der Waals surface area contributed by atoms with Crippen LogP contribution < -0.4 is 15.0 Å². The lowest BCUT2D eigenvalue weighted by molar-refractivity contribution is -0.116. The van der Waals surface area contributed by atoms with Crippen LogP contribution in [0, 0.1) is 6.92 Å². The molecule has 118 valence electrons. The molecule has 2 amide bonds. The minimum Gasteiger partial charge on any atom is -0.490 e. The van der Waals surface area contributed by atoms with E-state index in [1.54, 1.807) is 29.2 Å². The Bertz CT molecular complexity index is 771. The van der Waals surface area contributed by atoms with Gasteiger partial charge in [-0.1, -0.05) is 18.2 Å². The third-order valence-electron chi connectivity index (χ3n) is 3.85. The minimum atomic E-state index is -0.172. The Kier molecular flexibility index (Phi) is 4.02. The van der Waals surface area contributed by atoms with E-state index in [0.717, 1.165) is 5.56 Å². The topological polar surface area (TPSA) is 58.6 Å². The highest BCUT2D eigenvalue weighted by Crippen LogP contribution is 2.34. The van der Waals surface area contributed by atoms with Gasteiger partial charge in [0, 0.05) is 18.2 Å². The number of benzene rings is 2. The maximum atomic E-state index is 12.4. The molecule has 1 aliphatic heterocycles. The van der Waals surface area contributed by atoms with Gasteiger partial charge < -0.3 is 15.0 Å². The van der Waals surface area contributed by atoms with Crippen LogP contribution in [-0.2, 0) is 4.79 Å². The molecular weight excluding hydrogens is 292 g/mol. The monoisotopic (exact) mass is 310 g/mol. The smallest absolute Gasteiger partial charge is 0.255 e. The first-order valence-electron chi connectivity index (χ1n) is 7.48. The molecule has 2 aromatic carbocycles. The number of anilines is 2. The van der Waals surface area contributed by atoms with Crippen LogP contribution in [0.2, 0.25) is 0 Å². The summed E-state index contributed by atoms with van der Waals surface area (Å²) in [6.45, 7) is 4.40. The molecule has 2 aromatic rings. The Morgan fingerprint density at radius 3 is 2.70 bits per heavy atom. The summed E-state index contributed by atoms with van der Waals surface area (Å²) >= 11 is 0. The first-order chi connectivity index (χ1) is 11.1. The van der Waals surface area contributed by atoms with Gasteiger partial charge in [-0.15, -0.1) is 0 Å². The largest absolute Gasteiger partial charge is 0.490 e. The molecule has 0 unspecified atom stereocenters. The van der Waals surface area contributed by atoms with Crippen molar-refractivity contribution in [2.45, 2.75) is 13.8 Å². The molecule has 0 aliphatic carbocycles. The van der Waals surface area contributed by atoms with Crippen LogP contribution in [-0.4, -0.2) is 25.0 Å². The number of nitrogens with one attached hydrogen (secondary N) is 1. The molecule has 0 saturated heterocycles. The summed E-state index contributed by atoms with van der Waals surface area (Å²) < 4.78 is 5.56. The molecule has 5 heteroatoms. The first-order valence-corrected chi connectivity index (χ1v) is 7.48. The quantitative estimate of drug-likeness (QED) is 0.927. The van der Waals surface area contributed by atoms with E-state index in [4.69, 9.17) is 4.74 Å². The molecule has 1 aliphatic rings. The summed E-state index contributed by atoms with van der Waals surface area (Å²) in [4.78, 5) is 25.8. The van der Waals surface area contributed by atoms with Crippen molar-refractivity contribution in [3.8, 4) is 5.75 Å². The number of fused-ring (bicyclic) bond motifs is 1. The van der Waals surface area contributed by atoms with Crippen molar-refractivity contribution in [3.05, 3.63) is 53.6 Å². The molecule has 0 aromatic heterocycles. The minimum absolute atomic E-state index is 0.0445. The van der Waals surface area contributed by atoms with Crippen molar-refractivity contribution in [1.29, 1.82) is 0 Å². The molecule has 1 heterocycles. The van der Waals surface area contributed by atoms with Crippen molar-refractivity contribution >= 4 is 23.2 Å². The number of ether oxygens (including phenoxy) is 1. The second-order valence-corrected chi connectivity index (χ2v) is 5.47. The van der Waals surface area contributed by atoms with Crippen LogP contribution in [0.1, 0.15) is 22.8 Å². The molecule has 5 nitrogen and oxygen atoms in total. The highest BCUT2D eigenvalue weighted by atomic mass is 16.5. The number of nitrogens with zero attached hydrogens (tertiary/aromatic N) is 1. The van der Waals surface area contributed by atoms with Crippen molar-refractivity contribution in [3.63, 3.8) is 0 Å². The van der Waals surface area contributed by atoms with E-state index in [9.17, 15) is 9.59 Å². The zero-order chi connectivity index (χ0) is 16.4. The summed E-state index contributed by atoms with van der Waals surface area (Å²) in [5.41, 5.74) is 2.86. The van der Waals surface area contributed by atoms with Gasteiger partial charge in [-0.25, -0.2) is 0 Å². The van der Waals surface area contributed by atoms with Crippen LogP contribution in [0.4, 0.5) is 11.4 Å². The third-order valence-corrected chi connectivity index (χ3v) is 3.85. The Balaban J connectivity index is 1.87. The zero-order valence-corrected chi connectivity index (χ0v) is 13.1. The van der Waals surface area contributed by atoms with Crippen LogP contribution >= 0.6 is 0 Å². The molecule has 23 heavy (non-hydrogen) atoms. The molecule has 0 radical (unpaired) electrons. The van der Waals surface area contributed by atoms with Gasteiger partial charge >= 0.3 is 0 Å². The van der Waals surface area contributed by atoms with Gasteiger partial charge in [-0.3, -0.25) is 9.59 Å². The van der Waals surface area contributed by atoms with E-state index < -0.39 is 0 Å². The molecule has 1 N–H and O–H groups in total. The van der Waals surface area contributed by atoms with E-state index in [1.165, 1.54) is 6.92 Å². The fourth-order valence-corrected chi connectivity index (χ4v) is 2.65. The van der Waals surface area contributed by atoms with Crippen LogP contribution in [0.5, 0.6) is 5.75 Å². The molecule has 0 spiro atoms. The Hall–Kier alpha value is -2.82. The molecular formula is C18H18N2O3. The van der Waals surface area contributed by atoms with Crippen LogP contribution in [0.15, 0.2) is 42.5 Å². The Labute approximate surface area is 134 Å². The maximum absolute atomic E-state index is 12.4. The Morgan fingerprint density at radius 1 is 1.17 bits per heavy atom. The summed E-state index contributed by atoms with van der Waals surface area (Å²) in [5, 5.41) is 2.88. The summed E-state index contributed by atoms with van der Waals surface area (Å²) in [6.07, 6.45) is 0. The number of carbonyl (C=O) groups is 2. The van der Waals surface area contributed by atoms with Gasteiger partial charge in [-0.2, -0.15) is 0 Å². The van der Waals surface area contributed by atoms with Crippen molar-refractivity contribution in [2.24, 2.45) is 0 Å². The van der Waals surface area contributed by atoms with Gasteiger partial charge in [0.05, 0.1) is 12.2 Å². The van der Waals surface area contributed by atoms with E-state index in [-0.39, 0.29) is 11.8 Å². The number of hydrogen-bond acceptors (Lipinski definition) is 3. The third kappa shape index (κ3) is 3.04. The van der Waals surface area contributed by atoms with Crippen LogP contribution in [0.25, 0.3) is 0 Å². The molecule has 0 bridgehead atoms.